The molecule has 0 saturated carbocycles. The number of nitrogens with one attached hydrogen (secondary N) is 2. The van der Waals surface area contributed by atoms with Crippen molar-refractivity contribution >= 4 is 23.2 Å². The van der Waals surface area contributed by atoms with Crippen molar-refractivity contribution in [2.75, 3.05) is 17.7 Å². The summed E-state index contributed by atoms with van der Waals surface area (Å²) in [6.07, 6.45) is 0. The number of carbonyl (C=O) groups is 2. The molecule has 6 nitrogen and oxygen atoms in total. The monoisotopic (exact) mass is 391 g/mol. The molecule has 1 aromatic heterocycles. The van der Waals surface area contributed by atoms with E-state index in [1.165, 1.54) is 14.0 Å². The summed E-state index contributed by atoms with van der Waals surface area (Å²) >= 11 is 0. The number of aryl methyl sites for hydroxylation is 2. The molecular formula is C23H25N3O3. The van der Waals surface area contributed by atoms with Gasteiger partial charge in [0.25, 0.3) is 5.91 Å². The highest BCUT2D eigenvalue weighted by Gasteiger charge is 2.18. The van der Waals surface area contributed by atoms with Gasteiger partial charge in [-0.25, -0.2) is 0 Å². The van der Waals surface area contributed by atoms with Crippen LogP contribution in [0.25, 0.3) is 5.69 Å². The van der Waals surface area contributed by atoms with Gasteiger partial charge in [-0.1, -0.05) is 12.1 Å². The Hall–Kier alpha value is -3.54. The fourth-order valence-electron chi connectivity index (χ4n) is 3.43. The summed E-state index contributed by atoms with van der Waals surface area (Å²) in [6, 6.07) is 15.1. The third kappa shape index (κ3) is 4.32. The van der Waals surface area contributed by atoms with E-state index in [-0.39, 0.29) is 11.8 Å². The predicted molar refractivity (Wildman–Crippen MR) is 115 cm³/mol. The van der Waals surface area contributed by atoms with E-state index >= 15 is 0 Å². The van der Waals surface area contributed by atoms with Crippen LogP contribution < -0.4 is 15.4 Å². The molecule has 0 saturated heterocycles. The number of benzene rings is 2. The van der Waals surface area contributed by atoms with Crippen LogP contribution in [0, 0.1) is 20.8 Å². The fourth-order valence-corrected chi connectivity index (χ4v) is 3.43. The molecule has 2 N–H and O–H groups in total. The van der Waals surface area contributed by atoms with Crippen molar-refractivity contribution < 1.29 is 14.3 Å². The Labute approximate surface area is 170 Å². The molecule has 0 radical (unpaired) electrons. The molecule has 2 aromatic carbocycles. The van der Waals surface area contributed by atoms with Gasteiger partial charge in [0, 0.05) is 29.7 Å². The van der Waals surface area contributed by atoms with Crippen molar-refractivity contribution in [3.05, 3.63) is 71.0 Å². The van der Waals surface area contributed by atoms with Crippen molar-refractivity contribution in [2.45, 2.75) is 27.7 Å². The molecule has 0 aliphatic rings. The van der Waals surface area contributed by atoms with Gasteiger partial charge in [0.05, 0.1) is 18.4 Å². The summed E-state index contributed by atoms with van der Waals surface area (Å²) in [4.78, 5) is 24.4. The molecule has 0 aliphatic heterocycles. The Balaban J connectivity index is 1.94. The van der Waals surface area contributed by atoms with E-state index in [0.717, 1.165) is 22.6 Å². The summed E-state index contributed by atoms with van der Waals surface area (Å²) in [7, 11) is 1.53. The Morgan fingerprint density at radius 2 is 1.72 bits per heavy atom. The molecule has 3 rings (SSSR count). The third-order valence-electron chi connectivity index (χ3n) is 4.70. The van der Waals surface area contributed by atoms with Crippen LogP contribution in [0.2, 0.25) is 0 Å². The molecule has 2 amide bonds. The van der Waals surface area contributed by atoms with Crippen molar-refractivity contribution in [3.63, 3.8) is 0 Å². The average Bonchev–Trinajstić information content (AvgIpc) is 2.96. The van der Waals surface area contributed by atoms with Crippen LogP contribution in [0.5, 0.6) is 5.75 Å². The first kappa shape index (κ1) is 20.2. The SMILES string of the molecule is COc1ccc(NC(C)=O)cc1NC(=O)c1cc(C)n(-c2cccc(C)c2)c1C. The van der Waals surface area contributed by atoms with E-state index in [2.05, 4.69) is 21.3 Å². The lowest BCUT2D eigenvalue weighted by molar-refractivity contribution is -0.114. The lowest BCUT2D eigenvalue weighted by atomic mass is 10.2. The average molecular weight is 391 g/mol. The lowest BCUT2D eigenvalue weighted by Crippen LogP contribution is -2.14. The number of rotatable bonds is 5. The highest BCUT2D eigenvalue weighted by Crippen LogP contribution is 2.29. The van der Waals surface area contributed by atoms with Crippen LogP contribution in [0.1, 0.15) is 34.2 Å². The van der Waals surface area contributed by atoms with Gasteiger partial charge < -0.3 is 19.9 Å². The van der Waals surface area contributed by atoms with Crippen LogP contribution >= 0.6 is 0 Å². The van der Waals surface area contributed by atoms with Gasteiger partial charge in [-0.2, -0.15) is 0 Å². The molecule has 29 heavy (non-hydrogen) atoms. The zero-order chi connectivity index (χ0) is 21.1. The standard InChI is InChI=1S/C23H25N3O3/c1-14-7-6-8-19(11-14)26-15(2)12-20(16(26)3)23(28)25-21-13-18(24-17(4)27)9-10-22(21)29-5/h6-13H,1-5H3,(H,24,27)(H,25,28). The minimum Gasteiger partial charge on any atom is -0.495 e. The highest BCUT2D eigenvalue weighted by atomic mass is 16.5. The number of hydrogen-bond donors (Lipinski definition) is 2. The number of anilines is 2. The number of aromatic nitrogens is 1. The van der Waals surface area contributed by atoms with E-state index in [1.807, 2.05) is 45.0 Å². The minimum absolute atomic E-state index is 0.186. The fraction of sp³-hybridized carbons (Fsp3) is 0.217. The largest absolute Gasteiger partial charge is 0.495 e. The van der Waals surface area contributed by atoms with Crippen molar-refractivity contribution in [2.24, 2.45) is 0 Å². The maximum atomic E-state index is 13.0. The van der Waals surface area contributed by atoms with E-state index in [0.29, 0.717) is 22.7 Å². The first-order valence-corrected chi connectivity index (χ1v) is 9.33. The zero-order valence-corrected chi connectivity index (χ0v) is 17.3. The first-order chi connectivity index (χ1) is 13.8. The number of amides is 2. The van der Waals surface area contributed by atoms with Crippen molar-refractivity contribution in [1.29, 1.82) is 0 Å². The van der Waals surface area contributed by atoms with Crippen LogP contribution in [0.4, 0.5) is 11.4 Å². The second kappa shape index (κ2) is 8.22. The Kier molecular flexibility index (Phi) is 5.73. The predicted octanol–water partition coefficient (Wildman–Crippen LogP) is 4.62. The third-order valence-corrected chi connectivity index (χ3v) is 4.70. The Morgan fingerprint density at radius 3 is 2.38 bits per heavy atom. The van der Waals surface area contributed by atoms with Gasteiger partial charge in [-0.15, -0.1) is 0 Å². The molecule has 6 heteroatoms. The normalized spacial score (nSPS) is 10.5. The molecule has 0 fully saturated rings. The maximum absolute atomic E-state index is 13.0. The van der Waals surface area contributed by atoms with E-state index in [4.69, 9.17) is 4.74 Å². The van der Waals surface area contributed by atoms with Gasteiger partial charge in [-0.05, 0) is 62.7 Å². The quantitative estimate of drug-likeness (QED) is 0.666. The summed E-state index contributed by atoms with van der Waals surface area (Å²) in [5.41, 5.74) is 5.64. The smallest absolute Gasteiger partial charge is 0.257 e. The molecule has 0 atom stereocenters. The van der Waals surface area contributed by atoms with Crippen LogP contribution in [0.15, 0.2) is 48.5 Å². The van der Waals surface area contributed by atoms with Crippen LogP contribution in [-0.4, -0.2) is 23.5 Å². The van der Waals surface area contributed by atoms with Gasteiger partial charge >= 0.3 is 0 Å². The molecule has 150 valence electrons. The summed E-state index contributed by atoms with van der Waals surface area (Å²) in [5.74, 6) is 0.0874. The first-order valence-electron chi connectivity index (χ1n) is 9.33. The summed E-state index contributed by atoms with van der Waals surface area (Å²) < 4.78 is 7.41. The van der Waals surface area contributed by atoms with Gasteiger partial charge in [0.2, 0.25) is 5.91 Å². The van der Waals surface area contributed by atoms with Gasteiger partial charge in [0.15, 0.2) is 0 Å². The number of carbonyl (C=O) groups excluding carboxylic acids is 2. The molecule has 3 aromatic rings. The lowest BCUT2D eigenvalue weighted by Gasteiger charge is -2.13. The van der Waals surface area contributed by atoms with Gasteiger partial charge in [0.1, 0.15) is 5.75 Å². The number of ether oxygens (including phenoxy) is 1. The number of methoxy groups -OCH3 is 1. The molecule has 1 heterocycles. The zero-order valence-electron chi connectivity index (χ0n) is 17.3. The molecular weight excluding hydrogens is 366 g/mol. The summed E-state index contributed by atoms with van der Waals surface area (Å²) in [6.45, 7) is 7.38. The number of nitrogens with zero attached hydrogens (tertiary/aromatic N) is 1. The van der Waals surface area contributed by atoms with E-state index in [9.17, 15) is 9.59 Å². The van der Waals surface area contributed by atoms with Crippen molar-refractivity contribution in [3.8, 4) is 11.4 Å². The Bertz CT molecular complexity index is 1080. The topological polar surface area (TPSA) is 72.4 Å². The molecule has 0 aliphatic carbocycles. The highest BCUT2D eigenvalue weighted by molar-refractivity contribution is 6.06. The van der Waals surface area contributed by atoms with Crippen molar-refractivity contribution in [1.82, 2.24) is 4.57 Å². The molecule has 0 unspecified atom stereocenters. The second-order valence-electron chi connectivity index (χ2n) is 7.01. The van der Waals surface area contributed by atoms with Crippen LogP contribution in [0.3, 0.4) is 0 Å². The Morgan fingerprint density at radius 1 is 0.966 bits per heavy atom. The van der Waals surface area contributed by atoms with E-state index < -0.39 is 0 Å². The van der Waals surface area contributed by atoms with Crippen LogP contribution in [-0.2, 0) is 4.79 Å². The minimum atomic E-state index is -0.240. The number of hydrogen-bond acceptors (Lipinski definition) is 3. The summed E-state index contributed by atoms with van der Waals surface area (Å²) in [5, 5.41) is 5.62. The molecule has 0 bridgehead atoms. The molecule has 0 spiro atoms. The maximum Gasteiger partial charge on any atom is 0.257 e. The van der Waals surface area contributed by atoms with E-state index in [1.54, 1.807) is 18.2 Å². The van der Waals surface area contributed by atoms with Gasteiger partial charge in [-0.3, -0.25) is 9.59 Å². The second-order valence-corrected chi connectivity index (χ2v) is 7.01.